The SMILES string of the molecule is CCCC(C)(C)Nc1cccnn1. The van der Waals surface area contributed by atoms with Crippen molar-refractivity contribution in [3.05, 3.63) is 18.3 Å². The van der Waals surface area contributed by atoms with Crippen molar-refractivity contribution in [1.82, 2.24) is 10.2 Å². The molecule has 0 aliphatic heterocycles. The fourth-order valence-corrected chi connectivity index (χ4v) is 1.40. The first-order valence-corrected chi connectivity index (χ1v) is 4.70. The summed E-state index contributed by atoms with van der Waals surface area (Å²) in [7, 11) is 0. The molecule has 3 heteroatoms. The van der Waals surface area contributed by atoms with Gasteiger partial charge in [0.2, 0.25) is 0 Å². The van der Waals surface area contributed by atoms with Gasteiger partial charge in [-0.1, -0.05) is 13.3 Å². The van der Waals surface area contributed by atoms with Crippen molar-refractivity contribution in [2.75, 3.05) is 5.32 Å². The van der Waals surface area contributed by atoms with Gasteiger partial charge in [-0.15, -0.1) is 5.10 Å². The molecule has 3 nitrogen and oxygen atoms in total. The van der Waals surface area contributed by atoms with E-state index < -0.39 is 0 Å². The molecule has 0 aliphatic rings. The van der Waals surface area contributed by atoms with E-state index in [2.05, 4.69) is 36.3 Å². The zero-order chi connectivity index (χ0) is 9.73. The van der Waals surface area contributed by atoms with Crippen LogP contribution in [0.2, 0.25) is 0 Å². The highest BCUT2D eigenvalue weighted by molar-refractivity contribution is 5.34. The Morgan fingerprint density at radius 1 is 1.46 bits per heavy atom. The van der Waals surface area contributed by atoms with Crippen molar-refractivity contribution >= 4 is 5.82 Å². The van der Waals surface area contributed by atoms with E-state index >= 15 is 0 Å². The maximum Gasteiger partial charge on any atom is 0.149 e. The molecule has 0 spiro atoms. The largest absolute Gasteiger partial charge is 0.364 e. The van der Waals surface area contributed by atoms with E-state index in [-0.39, 0.29) is 5.54 Å². The second-order valence-electron chi connectivity index (χ2n) is 3.87. The van der Waals surface area contributed by atoms with Gasteiger partial charge in [0.15, 0.2) is 0 Å². The van der Waals surface area contributed by atoms with Crippen molar-refractivity contribution in [3.8, 4) is 0 Å². The van der Waals surface area contributed by atoms with Crippen molar-refractivity contribution < 1.29 is 0 Å². The van der Waals surface area contributed by atoms with E-state index in [9.17, 15) is 0 Å². The fourth-order valence-electron chi connectivity index (χ4n) is 1.40. The molecule has 0 atom stereocenters. The van der Waals surface area contributed by atoms with Crippen molar-refractivity contribution in [2.45, 2.75) is 39.2 Å². The minimum atomic E-state index is 0.102. The van der Waals surface area contributed by atoms with Crippen molar-refractivity contribution in [3.63, 3.8) is 0 Å². The van der Waals surface area contributed by atoms with E-state index in [0.29, 0.717) is 0 Å². The maximum absolute atomic E-state index is 3.99. The molecule has 1 aromatic heterocycles. The van der Waals surface area contributed by atoms with E-state index in [0.717, 1.165) is 12.2 Å². The van der Waals surface area contributed by atoms with Crippen molar-refractivity contribution in [2.24, 2.45) is 0 Å². The summed E-state index contributed by atoms with van der Waals surface area (Å²) in [5.74, 6) is 0.848. The minimum absolute atomic E-state index is 0.102. The monoisotopic (exact) mass is 179 g/mol. The lowest BCUT2D eigenvalue weighted by atomic mass is 9.99. The molecule has 1 rings (SSSR count). The molecule has 1 heterocycles. The Balaban J connectivity index is 2.58. The molecule has 72 valence electrons. The summed E-state index contributed by atoms with van der Waals surface area (Å²) in [5.41, 5.74) is 0.102. The van der Waals surface area contributed by atoms with E-state index in [1.165, 1.54) is 6.42 Å². The average Bonchev–Trinajstić information content (AvgIpc) is 2.04. The molecule has 0 fully saturated rings. The predicted molar refractivity (Wildman–Crippen MR) is 54.6 cm³/mol. The minimum Gasteiger partial charge on any atom is -0.364 e. The van der Waals surface area contributed by atoms with Gasteiger partial charge in [0.05, 0.1) is 0 Å². The van der Waals surface area contributed by atoms with Crippen molar-refractivity contribution in [1.29, 1.82) is 0 Å². The molecule has 0 bridgehead atoms. The molecule has 0 amide bonds. The fraction of sp³-hybridized carbons (Fsp3) is 0.600. The Labute approximate surface area is 79.6 Å². The molecule has 0 radical (unpaired) electrons. The number of nitrogens with one attached hydrogen (secondary N) is 1. The Bertz CT molecular complexity index is 244. The van der Waals surface area contributed by atoms with Gasteiger partial charge < -0.3 is 5.32 Å². The molecule has 0 unspecified atom stereocenters. The van der Waals surface area contributed by atoms with Gasteiger partial charge >= 0.3 is 0 Å². The van der Waals surface area contributed by atoms with Crippen LogP contribution in [-0.4, -0.2) is 15.7 Å². The molecule has 1 aromatic rings. The van der Waals surface area contributed by atoms with Crippen LogP contribution in [0.1, 0.15) is 33.6 Å². The molecule has 1 N–H and O–H groups in total. The molecular weight excluding hydrogens is 162 g/mol. The van der Waals surface area contributed by atoms with Gasteiger partial charge in [-0.3, -0.25) is 0 Å². The Hall–Kier alpha value is -1.12. The highest BCUT2D eigenvalue weighted by Crippen LogP contribution is 2.16. The van der Waals surface area contributed by atoms with Crippen LogP contribution in [-0.2, 0) is 0 Å². The first kappa shape index (κ1) is 9.96. The lowest BCUT2D eigenvalue weighted by molar-refractivity contribution is 0.508. The summed E-state index contributed by atoms with van der Waals surface area (Å²) in [5, 5.41) is 11.1. The first-order valence-electron chi connectivity index (χ1n) is 4.70. The van der Waals surface area contributed by atoms with Gasteiger partial charge in [0, 0.05) is 11.7 Å². The molecular formula is C10H17N3. The molecule has 13 heavy (non-hydrogen) atoms. The van der Waals surface area contributed by atoms with E-state index in [1.54, 1.807) is 6.20 Å². The summed E-state index contributed by atoms with van der Waals surface area (Å²) in [6.45, 7) is 6.52. The van der Waals surface area contributed by atoms with Crippen LogP contribution in [0.5, 0.6) is 0 Å². The average molecular weight is 179 g/mol. The number of nitrogens with zero attached hydrogens (tertiary/aromatic N) is 2. The lowest BCUT2D eigenvalue weighted by Crippen LogP contribution is -2.30. The second-order valence-corrected chi connectivity index (χ2v) is 3.87. The Kier molecular flexibility index (Phi) is 3.23. The van der Waals surface area contributed by atoms with Gasteiger partial charge in [0.25, 0.3) is 0 Å². The lowest BCUT2D eigenvalue weighted by Gasteiger charge is -2.25. The van der Waals surface area contributed by atoms with Gasteiger partial charge in [0.1, 0.15) is 5.82 Å². The van der Waals surface area contributed by atoms with E-state index in [1.807, 2.05) is 12.1 Å². The molecule has 0 aromatic carbocycles. The summed E-state index contributed by atoms with van der Waals surface area (Å²) < 4.78 is 0. The molecule has 0 saturated carbocycles. The predicted octanol–water partition coefficient (Wildman–Crippen LogP) is 2.47. The normalized spacial score (nSPS) is 11.3. The van der Waals surface area contributed by atoms with Crippen LogP contribution >= 0.6 is 0 Å². The zero-order valence-corrected chi connectivity index (χ0v) is 8.54. The number of hydrogen-bond donors (Lipinski definition) is 1. The summed E-state index contributed by atoms with van der Waals surface area (Å²) in [6.07, 6.45) is 3.97. The summed E-state index contributed by atoms with van der Waals surface area (Å²) >= 11 is 0. The van der Waals surface area contributed by atoms with Crippen LogP contribution < -0.4 is 5.32 Å². The Morgan fingerprint density at radius 2 is 2.23 bits per heavy atom. The zero-order valence-electron chi connectivity index (χ0n) is 8.54. The molecule has 0 aliphatic carbocycles. The van der Waals surface area contributed by atoms with Gasteiger partial charge in [-0.2, -0.15) is 5.10 Å². The highest BCUT2D eigenvalue weighted by atomic mass is 15.2. The summed E-state index contributed by atoms with van der Waals surface area (Å²) in [6, 6.07) is 3.82. The number of hydrogen-bond acceptors (Lipinski definition) is 3. The Morgan fingerprint density at radius 3 is 2.77 bits per heavy atom. The number of aromatic nitrogens is 2. The first-order chi connectivity index (χ1) is 6.14. The standard InChI is InChI=1S/C10H17N3/c1-4-7-10(2,3)12-9-6-5-8-11-13-9/h5-6,8H,4,7H2,1-3H3,(H,12,13). The third-order valence-corrected chi connectivity index (χ3v) is 1.91. The van der Waals surface area contributed by atoms with Crippen LogP contribution in [0.3, 0.4) is 0 Å². The summed E-state index contributed by atoms with van der Waals surface area (Å²) in [4.78, 5) is 0. The van der Waals surface area contributed by atoms with Gasteiger partial charge in [-0.05, 0) is 32.4 Å². The van der Waals surface area contributed by atoms with Crippen LogP contribution in [0.25, 0.3) is 0 Å². The second kappa shape index (κ2) is 4.21. The quantitative estimate of drug-likeness (QED) is 0.771. The van der Waals surface area contributed by atoms with Gasteiger partial charge in [-0.25, -0.2) is 0 Å². The number of rotatable bonds is 4. The highest BCUT2D eigenvalue weighted by Gasteiger charge is 2.15. The maximum atomic E-state index is 3.99. The van der Waals surface area contributed by atoms with Crippen LogP contribution in [0.15, 0.2) is 18.3 Å². The topological polar surface area (TPSA) is 37.8 Å². The van der Waals surface area contributed by atoms with E-state index in [4.69, 9.17) is 0 Å². The third kappa shape index (κ3) is 3.40. The number of anilines is 1. The van der Waals surface area contributed by atoms with Crippen LogP contribution in [0, 0.1) is 0 Å². The molecule has 0 saturated heterocycles. The smallest absolute Gasteiger partial charge is 0.149 e. The third-order valence-electron chi connectivity index (χ3n) is 1.91. The van der Waals surface area contributed by atoms with Crippen LogP contribution in [0.4, 0.5) is 5.82 Å².